The average molecular weight is 111 g/mol. The molecule has 0 aromatic carbocycles. The maximum atomic E-state index is 8.93. The van der Waals surface area contributed by atoms with E-state index in [1.54, 1.807) is 12.2 Å². The summed E-state index contributed by atoms with van der Waals surface area (Å²) in [7, 11) is 0. The average Bonchev–Trinajstić information content (AvgIpc) is 1.77. The Morgan fingerprint density at radius 3 is 2.88 bits per heavy atom. The lowest BCUT2D eigenvalue weighted by Crippen LogP contribution is -2.24. The van der Waals surface area contributed by atoms with Crippen molar-refractivity contribution in [1.29, 1.82) is 0 Å². The van der Waals surface area contributed by atoms with E-state index in [4.69, 9.17) is 5.11 Å². The van der Waals surface area contributed by atoms with Gasteiger partial charge in [0.2, 0.25) is 0 Å². The standard InChI is InChI=1S/C6H9NO/c1-5-6(8)3-2-4-7-5/h2-5,7-8H,1H3. The van der Waals surface area contributed by atoms with E-state index in [9.17, 15) is 0 Å². The Bertz CT molecular complexity index is 137. The minimum atomic E-state index is 0.0833. The molecule has 0 saturated carbocycles. The molecule has 2 N–H and O–H groups in total. The van der Waals surface area contributed by atoms with Crippen LogP contribution in [0, 0.1) is 0 Å². The largest absolute Gasteiger partial charge is 0.510 e. The van der Waals surface area contributed by atoms with Gasteiger partial charge in [-0.25, -0.2) is 0 Å². The molecule has 0 amide bonds. The van der Waals surface area contributed by atoms with Crippen molar-refractivity contribution >= 4 is 0 Å². The Labute approximate surface area is 48.5 Å². The molecule has 1 atom stereocenters. The summed E-state index contributed by atoms with van der Waals surface area (Å²) in [5.41, 5.74) is 0. The Balaban J connectivity index is 2.66. The normalized spacial score (nSPS) is 26.6. The first-order valence-electron chi connectivity index (χ1n) is 2.62. The lowest BCUT2D eigenvalue weighted by atomic mass is 10.2. The molecule has 0 fully saturated rings. The Morgan fingerprint density at radius 2 is 2.50 bits per heavy atom. The molecule has 8 heavy (non-hydrogen) atoms. The Hall–Kier alpha value is -0.920. The van der Waals surface area contributed by atoms with E-state index in [1.807, 2.05) is 13.1 Å². The molecule has 44 valence electrons. The summed E-state index contributed by atoms with van der Waals surface area (Å²) in [6.07, 6.45) is 5.26. The first-order valence-corrected chi connectivity index (χ1v) is 2.62. The summed E-state index contributed by atoms with van der Waals surface area (Å²) in [4.78, 5) is 0. The van der Waals surface area contributed by atoms with Gasteiger partial charge in [-0.2, -0.15) is 0 Å². The molecular formula is C6H9NO. The monoisotopic (exact) mass is 111 g/mol. The minimum Gasteiger partial charge on any atom is -0.510 e. The topological polar surface area (TPSA) is 32.3 Å². The molecule has 1 aliphatic rings. The van der Waals surface area contributed by atoms with E-state index in [2.05, 4.69) is 5.32 Å². The zero-order valence-electron chi connectivity index (χ0n) is 4.76. The molecule has 0 spiro atoms. The molecular weight excluding hydrogens is 102 g/mol. The zero-order valence-corrected chi connectivity index (χ0v) is 4.76. The van der Waals surface area contributed by atoms with Gasteiger partial charge in [0.05, 0.1) is 6.04 Å². The van der Waals surface area contributed by atoms with Gasteiger partial charge >= 0.3 is 0 Å². The van der Waals surface area contributed by atoms with Gasteiger partial charge in [0, 0.05) is 0 Å². The highest BCUT2D eigenvalue weighted by atomic mass is 16.3. The van der Waals surface area contributed by atoms with Crippen LogP contribution in [-0.2, 0) is 0 Å². The molecule has 0 saturated heterocycles. The lowest BCUT2D eigenvalue weighted by molar-refractivity contribution is 0.358. The van der Waals surface area contributed by atoms with E-state index >= 15 is 0 Å². The molecule has 2 heteroatoms. The molecule has 1 rings (SSSR count). The number of aliphatic hydroxyl groups excluding tert-OH is 1. The highest BCUT2D eigenvalue weighted by Crippen LogP contribution is 2.00. The molecule has 1 aliphatic heterocycles. The van der Waals surface area contributed by atoms with E-state index in [0.717, 1.165) is 0 Å². The van der Waals surface area contributed by atoms with Crippen LogP contribution in [0.5, 0.6) is 0 Å². The fraction of sp³-hybridized carbons (Fsp3) is 0.333. The first kappa shape index (κ1) is 5.22. The van der Waals surface area contributed by atoms with Gasteiger partial charge in [-0.1, -0.05) is 0 Å². The second-order valence-corrected chi connectivity index (χ2v) is 1.84. The number of rotatable bonds is 0. The number of allylic oxidation sites excluding steroid dienone is 2. The molecule has 1 unspecified atom stereocenters. The van der Waals surface area contributed by atoms with Crippen LogP contribution in [0.4, 0.5) is 0 Å². The van der Waals surface area contributed by atoms with Gasteiger partial charge in [0.15, 0.2) is 0 Å². The van der Waals surface area contributed by atoms with Gasteiger partial charge in [-0.15, -0.1) is 0 Å². The third kappa shape index (κ3) is 0.832. The van der Waals surface area contributed by atoms with Crippen LogP contribution in [0.25, 0.3) is 0 Å². The summed E-state index contributed by atoms with van der Waals surface area (Å²) in [5.74, 6) is 0.396. The fourth-order valence-corrected chi connectivity index (χ4v) is 0.576. The third-order valence-corrected chi connectivity index (χ3v) is 1.15. The van der Waals surface area contributed by atoms with Crippen LogP contribution in [-0.4, -0.2) is 11.1 Å². The second kappa shape index (κ2) is 1.90. The summed E-state index contributed by atoms with van der Waals surface area (Å²) < 4.78 is 0. The van der Waals surface area contributed by atoms with Crippen molar-refractivity contribution in [1.82, 2.24) is 5.32 Å². The van der Waals surface area contributed by atoms with Crippen molar-refractivity contribution in [3.8, 4) is 0 Å². The first-order chi connectivity index (χ1) is 3.80. The van der Waals surface area contributed by atoms with Crippen LogP contribution in [0.1, 0.15) is 6.92 Å². The molecule has 0 aromatic heterocycles. The zero-order chi connectivity index (χ0) is 5.98. The number of nitrogens with one attached hydrogen (secondary N) is 1. The number of dihydropyridines is 1. The van der Waals surface area contributed by atoms with Crippen molar-refractivity contribution in [2.24, 2.45) is 0 Å². The molecule has 1 heterocycles. The molecule has 0 radical (unpaired) electrons. The summed E-state index contributed by atoms with van der Waals surface area (Å²) in [5, 5.41) is 11.9. The number of aliphatic hydroxyl groups is 1. The molecule has 0 aliphatic carbocycles. The van der Waals surface area contributed by atoms with E-state index in [1.165, 1.54) is 0 Å². The SMILES string of the molecule is CC1NC=CC=C1O. The Morgan fingerprint density at radius 1 is 1.75 bits per heavy atom. The van der Waals surface area contributed by atoms with E-state index < -0.39 is 0 Å². The van der Waals surface area contributed by atoms with Crippen LogP contribution >= 0.6 is 0 Å². The van der Waals surface area contributed by atoms with Crippen LogP contribution in [0.2, 0.25) is 0 Å². The van der Waals surface area contributed by atoms with Crippen molar-refractivity contribution < 1.29 is 5.11 Å². The highest BCUT2D eigenvalue weighted by molar-refractivity contribution is 5.15. The Kier molecular flexibility index (Phi) is 1.24. The maximum absolute atomic E-state index is 8.93. The van der Waals surface area contributed by atoms with Gasteiger partial charge in [-0.3, -0.25) is 0 Å². The van der Waals surface area contributed by atoms with Crippen LogP contribution in [0.3, 0.4) is 0 Å². The summed E-state index contributed by atoms with van der Waals surface area (Å²) in [6.45, 7) is 1.90. The number of hydrogen-bond acceptors (Lipinski definition) is 2. The van der Waals surface area contributed by atoms with Crippen molar-refractivity contribution in [2.45, 2.75) is 13.0 Å². The van der Waals surface area contributed by atoms with E-state index in [0.29, 0.717) is 5.76 Å². The third-order valence-electron chi connectivity index (χ3n) is 1.15. The minimum absolute atomic E-state index is 0.0833. The van der Waals surface area contributed by atoms with Crippen LogP contribution < -0.4 is 5.32 Å². The van der Waals surface area contributed by atoms with Gasteiger partial charge < -0.3 is 10.4 Å². The quantitative estimate of drug-likeness (QED) is 0.487. The predicted octanol–water partition coefficient (Wildman–Crippen LogP) is 0.934. The second-order valence-electron chi connectivity index (χ2n) is 1.84. The highest BCUT2D eigenvalue weighted by Gasteiger charge is 2.04. The van der Waals surface area contributed by atoms with E-state index in [-0.39, 0.29) is 6.04 Å². The lowest BCUT2D eigenvalue weighted by Gasteiger charge is -2.12. The van der Waals surface area contributed by atoms with Gasteiger partial charge in [-0.05, 0) is 25.3 Å². The molecule has 2 nitrogen and oxygen atoms in total. The smallest absolute Gasteiger partial charge is 0.114 e. The van der Waals surface area contributed by atoms with Crippen molar-refractivity contribution in [3.63, 3.8) is 0 Å². The summed E-state index contributed by atoms with van der Waals surface area (Å²) in [6, 6.07) is 0.0833. The van der Waals surface area contributed by atoms with Crippen molar-refractivity contribution in [2.75, 3.05) is 0 Å². The van der Waals surface area contributed by atoms with Gasteiger partial charge in [0.1, 0.15) is 5.76 Å². The fourth-order valence-electron chi connectivity index (χ4n) is 0.576. The van der Waals surface area contributed by atoms with Crippen LogP contribution in [0.15, 0.2) is 24.1 Å². The maximum Gasteiger partial charge on any atom is 0.114 e. The van der Waals surface area contributed by atoms with Crippen molar-refractivity contribution in [3.05, 3.63) is 24.1 Å². The number of hydrogen-bond donors (Lipinski definition) is 2. The predicted molar refractivity (Wildman–Crippen MR) is 32.4 cm³/mol. The molecule has 0 aromatic rings. The van der Waals surface area contributed by atoms with Gasteiger partial charge in [0.25, 0.3) is 0 Å². The molecule has 0 bridgehead atoms. The summed E-state index contributed by atoms with van der Waals surface area (Å²) >= 11 is 0.